The Kier molecular flexibility index (Phi) is 3.72. The highest BCUT2D eigenvalue weighted by atomic mass is 16.5. The Morgan fingerprint density at radius 1 is 1.09 bits per heavy atom. The third kappa shape index (κ3) is 2.41. The van der Waals surface area contributed by atoms with Gasteiger partial charge in [0.25, 0.3) is 0 Å². The molecule has 3 aliphatic rings. The van der Waals surface area contributed by atoms with Gasteiger partial charge in [0, 0.05) is 11.5 Å². The minimum Gasteiger partial charge on any atom is -0.497 e. The van der Waals surface area contributed by atoms with Crippen molar-refractivity contribution in [2.75, 3.05) is 7.11 Å². The SMILES string of the molecule is COc1ccc2c(c1)C1(C)CCC3(CCCC3)CCC(C2)C1N. The van der Waals surface area contributed by atoms with Gasteiger partial charge in [-0.1, -0.05) is 25.8 Å². The lowest BCUT2D eigenvalue weighted by Gasteiger charge is -2.50. The molecule has 0 aliphatic heterocycles. The van der Waals surface area contributed by atoms with Crippen LogP contribution in [0.25, 0.3) is 0 Å². The van der Waals surface area contributed by atoms with Gasteiger partial charge in [0.1, 0.15) is 5.75 Å². The normalized spacial score (nSPS) is 35.4. The Hall–Kier alpha value is -1.02. The van der Waals surface area contributed by atoms with E-state index in [-0.39, 0.29) is 5.41 Å². The highest BCUT2D eigenvalue weighted by Crippen LogP contribution is 2.54. The fourth-order valence-corrected chi connectivity index (χ4v) is 5.85. The van der Waals surface area contributed by atoms with Gasteiger partial charge in [-0.15, -0.1) is 0 Å². The maximum Gasteiger partial charge on any atom is 0.119 e. The average molecular weight is 313 g/mol. The van der Waals surface area contributed by atoms with Crippen LogP contribution in [0.15, 0.2) is 18.2 Å². The first kappa shape index (κ1) is 15.5. The standard InChI is InChI=1S/C21H31NO/c1-20-11-12-21(8-3-4-9-21)10-7-16(19(20)22)13-15-5-6-17(23-2)14-18(15)20/h5-6,14,16,19H,3-4,7-13,22H2,1-2H3. The first-order valence-corrected chi connectivity index (χ1v) is 9.49. The van der Waals surface area contributed by atoms with E-state index in [0.29, 0.717) is 17.4 Å². The molecular formula is C21H31NO. The first-order chi connectivity index (χ1) is 11.1. The Balaban J connectivity index is 1.74. The lowest BCUT2D eigenvalue weighted by Crippen LogP contribution is -2.54. The van der Waals surface area contributed by atoms with Crippen LogP contribution in [0.2, 0.25) is 0 Å². The summed E-state index contributed by atoms with van der Waals surface area (Å²) < 4.78 is 5.51. The Labute approximate surface area is 140 Å². The molecular weight excluding hydrogens is 282 g/mol. The zero-order valence-electron chi connectivity index (χ0n) is 14.7. The van der Waals surface area contributed by atoms with E-state index in [1.54, 1.807) is 7.11 Å². The number of benzene rings is 1. The van der Waals surface area contributed by atoms with E-state index in [2.05, 4.69) is 25.1 Å². The topological polar surface area (TPSA) is 35.2 Å². The second-order valence-electron chi connectivity index (χ2n) is 8.68. The second-order valence-corrected chi connectivity index (χ2v) is 8.68. The maximum absolute atomic E-state index is 6.84. The molecule has 0 aromatic heterocycles. The van der Waals surface area contributed by atoms with Crippen molar-refractivity contribution in [1.29, 1.82) is 0 Å². The maximum atomic E-state index is 6.84. The molecule has 0 saturated heterocycles. The molecule has 0 radical (unpaired) electrons. The fourth-order valence-electron chi connectivity index (χ4n) is 5.85. The van der Waals surface area contributed by atoms with Gasteiger partial charge in [-0.05, 0) is 79.5 Å². The molecule has 2 saturated carbocycles. The lowest BCUT2D eigenvalue weighted by atomic mass is 9.56. The summed E-state index contributed by atoms with van der Waals surface area (Å²) in [5.74, 6) is 1.63. The summed E-state index contributed by atoms with van der Waals surface area (Å²) in [5.41, 5.74) is 10.6. The van der Waals surface area contributed by atoms with E-state index in [9.17, 15) is 0 Å². The molecule has 2 fully saturated rings. The van der Waals surface area contributed by atoms with Crippen molar-refractivity contribution in [3.8, 4) is 5.75 Å². The summed E-state index contributed by atoms with van der Waals surface area (Å²) in [6.07, 6.45) is 12.3. The molecule has 3 atom stereocenters. The molecule has 4 rings (SSSR count). The Morgan fingerprint density at radius 3 is 2.61 bits per heavy atom. The summed E-state index contributed by atoms with van der Waals surface area (Å²) in [6.45, 7) is 2.43. The van der Waals surface area contributed by atoms with Gasteiger partial charge in [0.2, 0.25) is 0 Å². The summed E-state index contributed by atoms with van der Waals surface area (Å²) in [6, 6.07) is 6.98. The van der Waals surface area contributed by atoms with E-state index >= 15 is 0 Å². The van der Waals surface area contributed by atoms with Gasteiger partial charge in [-0.2, -0.15) is 0 Å². The largest absolute Gasteiger partial charge is 0.497 e. The van der Waals surface area contributed by atoms with Crippen LogP contribution < -0.4 is 10.5 Å². The zero-order valence-corrected chi connectivity index (χ0v) is 14.7. The van der Waals surface area contributed by atoms with Gasteiger partial charge in [0.15, 0.2) is 0 Å². The number of ether oxygens (including phenoxy) is 1. The van der Waals surface area contributed by atoms with Crippen molar-refractivity contribution >= 4 is 0 Å². The van der Waals surface area contributed by atoms with Crippen molar-refractivity contribution < 1.29 is 4.74 Å². The molecule has 2 N–H and O–H groups in total. The van der Waals surface area contributed by atoms with Gasteiger partial charge < -0.3 is 10.5 Å². The number of hydrogen-bond acceptors (Lipinski definition) is 2. The molecule has 1 aromatic carbocycles. The van der Waals surface area contributed by atoms with Crippen molar-refractivity contribution in [2.45, 2.75) is 76.2 Å². The Bertz CT molecular complexity index is 590. The predicted octanol–water partition coefficient (Wildman–Crippen LogP) is 4.59. The van der Waals surface area contributed by atoms with Crippen LogP contribution in [0.3, 0.4) is 0 Å². The summed E-state index contributed by atoms with van der Waals surface area (Å²) in [5, 5.41) is 0. The first-order valence-electron chi connectivity index (χ1n) is 9.49. The molecule has 0 heterocycles. The number of rotatable bonds is 1. The number of methoxy groups -OCH3 is 1. The minimum atomic E-state index is 0.114. The molecule has 126 valence electrons. The molecule has 1 spiro atoms. The van der Waals surface area contributed by atoms with Gasteiger partial charge in [-0.25, -0.2) is 0 Å². The van der Waals surface area contributed by atoms with Crippen molar-refractivity contribution in [3.63, 3.8) is 0 Å². The summed E-state index contributed by atoms with van der Waals surface area (Å²) in [4.78, 5) is 0. The molecule has 3 aliphatic carbocycles. The van der Waals surface area contributed by atoms with E-state index in [4.69, 9.17) is 10.5 Å². The molecule has 2 nitrogen and oxygen atoms in total. The van der Waals surface area contributed by atoms with Crippen LogP contribution in [0.1, 0.15) is 69.4 Å². The van der Waals surface area contributed by atoms with E-state index in [1.807, 2.05) is 0 Å². The number of nitrogens with two attached hydrogens (primary N) is 1. The van der Waals surface area contributed by atoms with E-state index in [0.717, 1.165) is 12.2 Å². The number of fused-ring (bicyclic) bond motifs is 4. The van der Waals surface area contributed by atoms with Gasteiger partial charge in [-0.3, -0.25) is 0 Å². The van der Waals surface area contributed by atoms with Gasteiger partial charge in [0.05, 0.1) is 7.11 Å². The molecule has 2 bridgehead atoms. The number of hydrogen-bond donors (Lipinski definition) is 1. The third-order valence-corrected chi connectivity index (χ3v) is 7.54. The van der Waals surface area contributed by atoms with Crippen LogP contribution in [-0.2, 0) is 11.8 Å². The second kappa shape index (κ2) is 5.51. The molecule has 1 aromatic rings. The average Bonchev–Trinajstić information content (AvgIpc) is 3.04. The minimum absolute atomic E-state index is 0.114. The van der Waals surface area contributed by atoms with Crippen LogP contribution in [0.4, 0.5) is 0 Å². The quantitative estimate of drug-likeness (QED) is 0.823. The van der Waals surface area contributed by atoms with Crippen LogP contribution >= 0.6 is 0 Å². The van der Waals surface area contributed by atoms with Crippen LogP contribution in [-0.4, -0.2) is 13.2 Å². The highest BCUT2D eigenvalue weighted by molar-refractivity contribution is 5.44. The Morgan fingerprint density at radius 2 is 1.87 bits per heavy atom. The van der Waals surface area contributed by atoms with E-state index in [1.165, 1.54) is 62.5 Å². The van der Waals surface area contributed by atoms with Crippen molar-refractivity contribution in [3.05, 3.63) is 29.3 Å². The van der Waals surface area contributed by atoms with Gasteiger partial charge >= 0.3 is 0 Å². The molecule has 3 unspecified atom stereocenters. The molecule has 2 heteroatoms. The predicted molar refractivity (Wildman–Crippen MR) is 94.9 cm³/mol. The third-order valence-electron chi connectivity index (χ3n) is 7.54. The molecule has 0 amide bonds. The summed E-state index contributed by atoms with van der Waals surface area (Å²) >= 11 is 0. The lowest BCUT2D eigenvalue weighted by molar-refractivity contribution is 0.121. The smallest absolute Gasteiger partial charge is 0.119 e. The highest BCUT2D eigenvalue weighted by Gasteiger charge is 2.48. The van der Waals surface area contributed by atoms with Crippen molar-refractivity contribution in [2.24, 2.45) is 17.1 Å². The fraction of sp³-hybridized carbons (Fsp3) is 0.714. The molecule has 23 heavy (non-hydrogen) atoms. The van der Waals surface area contributed by atoms with Crippen molar-refractivity contribution in [1.82, 2.24) is 0 Å². The monoisotopic (exact) mass is 313 g/mol. The summed E-state index contributed by atoms with van der Waals surface area (Å²) in [7, 11) is 1.77. The zero-order chi connectivity index (χ0) is 16.1. The van der Waals surface area contributed by atoms with E-state index < -0.39 is 0 Å². The van der Waals surface area contributed by atoms with Crippen LogP contribution in [0.5, 0.6) is 5.75 Å². The van der Waals surface area contributed by atoms with Crippen LogP contribution in [0, 0.1) is 11.3 Å².